The van der Waals surface area contributed by atoms with Crippen molar-refractivity contribution in [3.8, 4) is 5.75 Å². The highest BCUT2D eigenvalue weighted by molar-refractivity contribution is 9.10. The second-order valence-corrected chi connectivity index (χ2v) is 4.87. The van der Waals surface area contributed by atoms with Crippen LogP contribution in [-0.4, -0.2) is 24.4 Å². The van der Waals surface area contributed by atoms with Gasteiger partial charge in [-0.1, -0.05) is 0 Å². The molecule has 3 nitrogen and oxygen atoms in total. The summed E-state index contributed by atoms with van der Waals surface area (Å²) in [5.74, 6) is 0.788. The predicted molar refractivity (Wildman–Crippen MR) is 65.5 cm³/mol. The molecule has 0 atom stereocenters. The standard InChI is InChI=1S/C11H16BrNO2/c1-11(2,14)7-13-10-6-8(15-3)4-5-9(10)12/h4-6,13-14H,7H2,1-3H3. The topological polar surface area (TPSA) is 41.5 Å². The quantitative estimate of drug-likeness (QED) is 0.886. The van der Waals surface area contributed by atoms with Crippen molar-refractivity contribution in [3.63, 3.8) is 0 Å². The Bertz CT molecular complexity index is 334. The van der Waals surface area contributed by atoms with Crippen LogP contribution in [0.3, 0.4) is 0 Å². The van der Waals surface area contributed by atoms with Crippen LogP contribution < -0.4 is 10.1 Å². The van der Waals surface area contributed by atoms with Crippen LogP contribution in [0.5, 0.6) is 5.75 Å². The lowest BCUT2D eigenvalue weighted by molar-refractivity contribution is 0.0945. The van der Waals surface area contributed by atoms with Gasteiger partial charge in [-0.3, -0.25) is 0 Å². The van der Waals surface area contributed by atoms with E-state index in [9.17, 15) is 5.11 Å². The van der Waals surface area contributed by atoms with Crippen LogP contribution in [0.4, 0.5) is 5.69 Å². The fourth-order valence-corrected chi connectivity index (χ4v) is 1.47. The van der Waals surface area contributed by atoms with Gasteiger partial charge in [0.15, 0.2) is 0 Å². The summed E-state index contributed by atoms with van der Waals surface area (Å²) in [7, 11) is 1.63. The van der Waals surface area contributed by atoms with Crippen molar-refractivity contribution in [1.82, 2.24) is 0 Å². The van der Waals surface area contributed by atoms with Gasteiger partial charge in [0.1, 0.15) is 5.75 Å². The lowest BCUT2D eigenvalue weighted by Gasteiger charge is -2.19. The summed E-state index contributed by atoms with van der Waals surface area (Å²) in [5, 5.41) is 12.7. The number of hydrogen-bond acceptors (Lipinski definition) is 3. The molecule has 0 saturated heterocycles. The summed E-state index contributed by atoms with van der Waals surface area (Å²) in [5.41, 5.74) is 0.180. The van der Waals surface area contributed by atoms with E-state index in [-0.39, 0.29) is 0 Å². The molecule has 15 heavy (non-hydrogen) atoms. The molecule has 2 N–H and O–H groups in total. The maximum Gasteiger partial charge on any atom is 0.121 e. The van der Waals surface area contributed by atoms with Crippen molar-refractivity contribution in [2.24, 2.45) is 0 Å². The van der Waals surface area contributed by atoms with E-state index in [1.54, 1.807) is 21.0 Å². The van der Waals surface area contributed by atoms with E-state index in [2.05, 4.69) is 21.2 Å². The number of benzene rings is 1. The van der Waals surface area contributed by atoms with E-state index in [1.807, 2.05) is 18.2 Å². The zero-order valence-electron chi connectivity index (χ0n) is 9.17. The van der Waals surface area contributed by atoms with Crippen molar-refractivity contribution in [2.45, 2.75) is 19.4 Å². The Morgan fingerprint density at radius 1 is 1.47 bits per heavy atom. The average molecular weight is 274 g/mol. The minimum absolute atomic E-state index is 0.485. The number of rotatable bonds is 4. The van der Waals surface area contributed by atoms with Crippen LogP contribution in [0.25, 0.3) is 0 Å². The molecule has 1 aromatic carbocycles. The molecule has 0 aromatic heterocycles. The van der Waals surface area contributed by atoms with Crippen molar-refractivity contribution < 1.29 is 9.84 Å². The highest BCUT2D eigenvalue weighted by Crippen LogP contribution is 2.27. The fourth-order valence-electron chi connectivity index (χ4n) is 1.08. The molecule has 0 amide bonds. The Hall–Kier alpha value is -0.740. The van der Waals surface area contributed by atoms with E-state index < -0.39 is 5.60 Å². The summed E-state index contributed by atoms with van der Waals surface area (Å²) in [6.07, 6.45) is 0. The third kappa shape index (κ3) is 4.10. The van der Waals surface area contributed by atoms with Crippen molar-refractivity contribution in [1.29, 1.82) is 0 Å². The van der Waals surface area contributed by atoms with Crippen LogP contribution in [0.1, 0.15) is 13.8 Å². The second kappa shape index (κ2) is 4.86. The molecule has 1 aromatic rings. The zero-order valence-corrected chi connectivity index (χ0v) is 10.8. The lowest BCUT2D eigenvalue weighted by Crippen LogP contribution is -2.29. The first-order chi connectivity index (χ1) is 6.92. The normalized spacial score (nSPS) is 11.3. The Labute approximate surface area is 98.6 Å². The van der Waals surface area contributed by atoms with Crippen LogP contribution >= 0.6 is 15.9 Å². The molecule has 0 heterocycles. The van der Waals surface area contributed by atoms with E-state index in [0.717, 1.165) is 15.9 Å². The maximum atomic E-state index is 9.59. The number of halogens is 1. The Balaban J connectivity index is 2.75. The minimum atomic E-state index is -0.734. The third-order valence-electron chi connectivity index (χ3n) is 1.88. The number of aliphatic hydroxyl groups is 1. The molecule has 0 aliphatic carbocycles. The molecule has 0 spiro atoms. The summed E-state index contributed by atoms with van der Waals surface area (Å²) in [4.78, 5) is 0. The van der Waals surface area contributed by atoms with Gasteiger partial charge in [-0.25, -0.2) is 0 Å². The van der Waals surface area contributed by atoms with Gasteiger partial charge in [-0.05, 0) is 41.9 Å². The van der Waals surface area contributed by atoms with Gasteiger partial charge in [-0.2, -0.15) is 0 Å². The molecule has 0 fully saturated rings. The SMILES string of the molecule is COc1ccc(Br)c(NCC(C)(C)O)c1. The molecule has 0 aliphatic heterocycles. The molecular weight excluding hydrogens is 258 g/mol. The van der Waals surface area contributed by atoms with Crippen LogP contribution in [0.15, 0.2) is 22.7 Å². The Kier molecular flexibility index (Phi) is 3.99. The fraction of sp³-hybridized carbons (Fsp3) is 0.455. The third-order valence-corrected chi connectivity index (χ3v) is 2.58. The highest BCUT2D eigenvalue weighted by Gasteiger charge is 2.12. The van der Waals surface area contributed by atoms with Gasteiger partial charge >= 0.3 is 0 Å². The molecule has 0 radical (unpaired) electrons. The van der Waals surface area contributed by atoms with Gasteiger partial charge in [0.25, 0.3) is 0 Å². The van der Waals surface area contributed by atoms with Gasteiger partial charge < -0.3 is 15.2 Å². The van der Waals surface area contributed by atoms with Crippen molar-refractivity contribution in [3.05, 3.63) is 22.7 Å². The first kappa shape index (κ1) is 12.3. The van der Waals surface area contributed by atoms with E-state index >= 15 is 0 Å². The molecule has 0 saturated carbocycles. The largest absolute Gasteiger partial charge is 0.497 e. The monoisotopic (exact) mass is 273 g/mol. The summed E-state index contributed by atoms with van der Waals surface area (Å²) < 4.78 is 6.07. The summed E-state index contributed by atoms with van der Waals surface area (Å²) in [6.45, 7) is 4.00. The van der Waals surface area contributed by atoms with Gasteiger partial charge in [0.05, 0.1) is 18.4 Å². The van der Waals surface area contributed by atoms with Gasteiger partial charge in [0, 0.05) is 17.1 Å². The Morgan fingerprint density at radius 3 is 2.67 bits per heavy atom. The molecular formula is C11H16BrNO2. The van der Waals surface area contributed by atoms with Gasteiger partial charge in [0.2, 0.25) is 0 Å². The maximum absolute atomic E-state index is 9.59. The average Bonchev–Trinajstić information content (AvgIpc) is 2.15. The lowest BCUT2D eigenvalue weighted by atomic mass is 10.1. The molecule has 0 bridgehead atoms. The number of nitrogens with one attached hydrogen (secondary N) is 1. The van der Waals surface area contributed by atoms with Crippen molar-refractivity contribution >= 4 is 21.6 Å². The molecule has 0 aliphatic rings. The highest BCUT2D eigenvalue weighted by atomic mass is 79.9. The minimum Gasteiger partial charge on any atom is -0.497 e. The first-order valence-corrected chi connectivity index (χ1v) is 5.51. The molecule has 84 valence electrons. The summed E-state index contributed by atoms with van der Waals surface area (Å²) >= 11 is 3.43. The van der Waals surface area contributed by atoms with Crippen LogP contribution in [0, 0.1) is 0 Å². The second-order valence-electron chi connectivity index (χ2n) is 4.01. The Morgan fingerprint density at radius 2 is 2.13 bits per heavy atom. The van der Waals surface area contributed by atoms with Crippen molar-refractivity contribution in [2.75, 3.05) is 19.0 Å². The van der Waals surface area contributed by atoms with Crippen LogP contribution in [0.2, 0.25) is 0 Å². The molecule has 0 unspecified atom stereocenters. The smallest absolute Gasteiger partial charge is 0.121 e. The molecule has 4 heteroatoms. The predicted octanol–water partition coefficient (Wildman–Crippen LogP) is 2.64. The number of methoxy groups -OCH3 is 1. The van der Waals surface area contributed by atoms with E-state index in [1.165, 1.54) is 0 Å². The molecule has 1 rings (SSSR count). The number of ether oxygens (including phenoxy) is 1. The number of hydrogen-bond donors (Lipinski definition) is 2. The first-order valence-electron chi connectivity index (χ1n) is 4.72. The number of anilines is 1. The summed E-state index contributed by atoms with van der Waals surface area (Å²) in [6, 6.07) is 5.67. The van der Waals surface area contributed by atoms with E-state index in [0.29, 0.717) is 6.54 Å². The van der Waals surface area contributed by atoms with Crippen LogP contribution in [-0.2, 0) is 0 Å². The van der Waals surface area contributed by atoms with Gasteiger partial charge in [-0.15, -0.1) is 0 Å². The zero-order chi connectivity index (χ0) is 11.5. The van der Waals surface area contributed by atoms with E-state index in [4.69, 9.17) is 4.74 Å².